The van der Waals surface area contributed by atoms with Crippen LogP contribution >= 0.6 is 23.2 Å². The maximum atomic E-state index is 12.1. The summed E-state index contributed by atoms with van der Waals surface area (Å²) in [5, 5.41) is 13.7. The van der Waals surface area contributed by atoms with Crippen molar-refractivity contribution in [3.63, 3.8) is 0 Å². The van der Waals surface area contributed by atoms with Crippen molar-refractivity contribution in [1.29, 1.82) is 0 Å². The normalized spacial score (nSPS) is 11.8. The van der Waals surface area contributed by atoms with Gasteiger partial charge in [0.25, 0.3) is 5.91 Å². The van der Waals surface area contributed by atoms with E-state index in [0.717, 1.165) is 0 Å². The molecule has 4 nitrogen and oxygen atoms in total. The number of carbonyl (C=O) groups excluding carboxylic acids is 1. The number of rotatable bonds is 6. The predicted molar refractivity (Wildman–Crippen MR) is 91.4 cm³/mol. The number of aliphatic hydroxyl groups excluding tert-OH is 1. The van der Waals surface area contributed by atoms with Crippen LogP contribution in [0.15, 0.2) is 42.5 Å². The zero-order valence-corrected chi connectivity index (χ0v) is 14.1. The van der Waals surface area contributed by atoms with E-state index >= 15 is 0 Å². The van der Waals surface area contributed by atoms with Crippen molar-refractivity contribution in [3.05, 3.63) is 63.6 Å². The lowest BCUT2D eigenvalue weighted by Gasteiger charge is -2.13. The molecule has 1 unspecified atom stereocenters. The number of hydrogen-bond acceptors (Lipinski definition) is 3. The SMILES string of the molecule is CCOc1ccc(C(=O)NCC(O)c2cc(Cl)cc(Cl)c2)cc1. The van der Waals surface area contributed by atoms with E-state index in [9.17, 15) is 9.90 Å². The molecule has 2 aromatic carbocycles. The molecule has 0 aromatic heterocycles. The highest BCUT2D eigenvalue weighted by Crippen LogP contribution is 2.23. The highest BCUT2D eigenvalue weighted by molar-refractivity contribution is 6.34. The molecule has 0 aliphatic carbocycles. The first-order valence-corrected chi connectivity index (χ1v) is 7.90. The van der Waals surface area contributed by atoms with Crippen molar-refractivity contribution in [2.45, 2.75) is 13.0 Å². The summed E-state index contributed by atoms with van der Waals surface area (Å²) in [6, 6.07) is 11.6. The van der Waals surface area contributed by atoms with Gasteiger partial charge in [0.15, 0.2) is 0 Å². The Morgan fingerprint density at radius 2 is 1.78 bits per heavy atom. The molecular formula is C17H17Cl2NO3. The number of hydrogen-bond donors (Lipinski definition) is 2. The van der Waals surface area contributed by atoms with Crippen molar-refractivity contribution in [3.8, 4) is 5.75 Å². The first-order chi connectivity index (χ1) is 11.0. The van der Waals surface area contributed by atoms with Crippen LogP contribution in [0.2, 0.25) is 10.0 Å². The van der Waals surface area contributed by atoms with E-state index in [1.807, 2.05) is 6.92 Å². The van der Waals surface area contributed by atoms with Crippen LogP contribution in [-0.4, -0.2) is 24.2 Å². The summed E-state index contributed by atoms with van der Waals surface area (Å²) in [5.74, 6) is 0.429. The summed E-state index contributed by atoms with van der Waals surface area (Å²) in [5.41, 5.74) is 1.04. The molecule has 0 heterocycles. The fraction of sp³-hybridized carbons (Fsp3) is 0.235. The average molecular weight is 354 g/mol. The number of aliphatic hydroxyl groups is 1. The van der Waals surface area contributed by atoms with Gasteiger partial charge in [0.1, 0.15) is 5.75 Å². The largest absolute Gasteiger partial charge is 0.494 e. The number of amides is 1. The van der Waals surface area contributed by atoms with Crippen LogP contribution in [0, 0.1) is 0 Å². The molecule has 2 aromatic rings. The molecule has 1 atom stereocenters. The molecule has 23 heavy (non-hydrogen) atoms. The summed E-state index contributed by atoms with van der Waals surface area (Å²) < 4.78 is 5.32. The smallest absolute Gasteiger partial charge is 0.251 e. The topological polar surface area (TPSA) is 58.6 Å². The minimum atomic E-state index is -0.891. The van der Waals surface area contributed by atoms with Gasteiger partial charge in [-0.2, -0.15) is 0 Å². The molecule has 0 saturated heterocycles. The van der Waals surface area contributed by atoms with Crippen molar-refractivity contribution in [2.24, 2.45) is 0 Å². The maximum absolute atomic E-state index is 12.1. The lowest BCUT2D eigenvalue weighted by atomic mass is 10.1. The number of ether oxygens (including phenoxy) is 1. The van der Waals surface area contributed by atoms with E-state index in [1.165, 1.54) is 0 Å². The molecule has 2 N–H and O–H groups in total. The maximum Gasteiger partial charge on any atom is 0.251 e. The van der Waals surface area contributed by atoms with Crippen LogP contribution in [0.3, 0.4) is 0 Å². The minimum Gasteiger partial charge on any atom is -0.494 e. The molecule has 0 fully saturated rings. The fourth-order valence-electron chi connectivity index (χ4n) is 2.05. The highest BCUT2D eigenvalue weighted by atomic mass is 35.5. The van der Waals surface area contributed by atoms with Gasteiger partial charge < -0.3 is 15.2 Å². The van der Waals surface area contributed by atoms with Gasteiger partial charge in [0.05, 0.1) is 12.7 Å². The van der Waals surface area contributed by atoms with Crippen LogP contribution < -0.4 is 10.1 Å². The number of carbonyl (C=O) groups is 1. The van der Waals surface area contributed by atoms with E-state index in [2.05, 4.69) is 5.32 Å². The Hall–Kier alpha value is -1.75. The van der Waals surface area contributed by atoms with Gasteiger partial charge in [0, 0.05) is 22.2 Å². The van der Waals surface area contributed by atoms with Gasteiger partial charge in [-0.15, -0.1) is 0 Å². The second kappa shape index (κ2) is 8.20. The van der Waals surface area contributed by atoms with Crippen LogP contribution in [0.1, 0.15) is 28.9 Å². The van der Waals surface area contributed by atoms with Gasteiger partial charge in [-0.1, -0.05) is 23.2 Å². The van der Waals surface area contributed by atoms with Crippen LogP contribution in [0.4, 0.5) is 0 Å². The average Bonchev–Trinajstić information content (AvgIpc) is 2.52. The van der Waals surface area contributed by atoms with E-state index < -0.39 is 6.10 Å². The lowest BCUT2D eigenvalue weighted by Crippen LogP contribution is -2.28. The summed E-state index contributed by atoms with van der Waals surface area (Å²) in [6.45, 7) is 2.52. The monoisotopic (exact) mass is 353 g/mol. The second-order valence-electron chi connectivity index (χ2n) is 4.89. The molecule has 0 aliphatic rings. The van der Waals surface area contributed by atoms with Gasteiger partial charge >= 0.3 is 0 Å². The van der Waals surface area contributed by atoms with Crippen molar-refractivity contribution >= 4 is 29.1 Å². The van der Waals surface area contributed by atoms with Gasteiger partial charge in [0.2, 0.25) is 0 Å². The zero-order chi connectivity index (χ0) is 16.8. The molecule has 0 saturated carbocycles. The Morgan fingerprint density at radius 1 is 1.17 bits per heavy atom. The first-order valence-electron chi connectivity index (χ1n) is 7.14. The quantitative estimate of drug-likeness (QED) is 0.828. The summed E-state index contributed by atoms with van der Waals surface area (Å²) in [6.07, 6.45) is -0.891. The van der Waals surface area contributed by atoms with Crippen LogP contribution in [0.25, 0.3) is 0 Å². The van der Waals surface area contributed by atoms with Crippen molar-refractivity contribution < 1.29 is 14.6 Å². The summed E-state index contributed by atoms with van der Waals surface area (Å²) in [4.78, 5) is 12.1. The first kappa shape index (κ1) is 17.6. The Bertz CT molecular complexity index is 654. The third kappa shape index (κ3) is 5.13. The molecular weight excluding hydrogens is 337 g/mol. The molecule has 0 spiro atoms. The third-order valence-electron chi connectivity index (χ3n) is 3.15. The molecule has 6 heteroatoms. The van der Waals surface area contributed by atoms with Gasteiger partial charge in [-0.05, 0) is 55.0 Å². The van der Waals surface area contributed by atoms with E-state index in [-0.39, 0.29) is 12.5 Å². The van der Waals surface area contributed by atoms with Gasteiger partial charge in [-0.3, -0.25) is 4.79 Å². The third-order valence-corrected chi connectivity index (χ3v) is 3.59. The summed E-state index contributed by atoms with van der Waals surface area (Å²) in [7, 11) is 0. The van der Waals surface area contributed by atoms with Crippen LogP contribution in [-0.2, 0) is 0 Å². The lowest BCUT2D eigenvalue weighted by molar-refractivity contribution is 0.0916. The molecule has 1 amide bonds. The molecule has 122 valence electrons. The Labute approximate surface area is 145 Å². The Morgan fingerprint density at radius 3 is 2.35 bits per heavy atom. The van der Waals surface area contributed by atoms with Crippen LogP contribution in [0.5, 0.6) is 5.75 Å². The second-order valence-corrected chi connectivity index (χ2v) is 5.76. The molecule has 0 radical (unpaired) electrons. The summed E-state index contributed by atoms with van der Waals surface area (Å²) >= 11 is 11.8. The van der Waals surface area contributed by atoms with E-state index in [4.69, 9.17) is 27.9 Å². The Kier molecular flexibility index (Phi) is 6.28. The fourth-order valence-corrected chi connectivity index (χ4v) is 2.59. The van der Waals surface area contributed by atoms with E-state index in [1.54, 1.807) is 42.5 Å². The van der Waals surface area contributed by atoms with E-state index in [0.29, 0.717) is 33.5 Å². The van der Waals surface area contributed by atoms with Gasteiger partial charge in [-0.25, -0.2) is 0 Å². The number of halogens is 2. The number of benzene rings is 2. The molecule has 0 aliphatic heterocycles. The predicted octanol–water partition coefficient (Wildman–Crippen LogP) is 3.86. The standard InChI is InChI=1S/C17H17Cl2NO3/c1-2-23-15-5-3-11(4-6-15)17(22)20-10-16(21)12-7-13(18)9-14(19)8-12/h3-9,16,21H,2,10H2,1H3,(H,20,22). The minimum absolute atomic E-state index is 0.0582. The molecule has 0 bridgehead atoms. The van der Waals surface area contributed by atoms with Crippen molar-refractivity contribution in [1.82, 2.24) is 5.32 Å². The van der Waals surface area contributed by atoms with Crippen molar-refractivity contribution in [2.75, 3.05) is 13.2 Å². The Balaban J connectivity index is 1.95. The highest BCUT2D eigenvalue weighted by Gasteiger charge is 2.12. The zero-order valence-electron chi connectivity index (χ0n) is 12.6. The molecule has 2 rings (SSSR count). The number of nitrogens with one attached hydrogen (secondary N) is 1.